The first-order valence-electron chi connectivity index (χ1n) is 33.0. The Balaban J connectivity index is 5.17. The quantitative estimate of drug-likeness (QED) is 0.0222. The van der Waals surface area contributed by atoms with Gasteiger partial charge in [-0.15, -0.1) is 0 Å². The van der Waals surface area contributed by atoms with Crippen molar-refractivity contribution in [3.8, 4) is 0 Å². The number of ether oxygens (including phenoxy) is 4. The normalized spacial score (nSPS) is 14.3. The minimum atomic E-state index is -4.94. The number of unbranched alkanes of at least 4 members (excludes halogenated alkanes) is 32. The zero-order chi connectivity index (χ0) is 60.8. The van der Waals surface area contributed by atoms with Crippen LogP contribution in [0, 0.1) is 11.8 Å². The van der Waals surface area contributed by atoms with Gasteiger partial charge in [0.05, 0.1) is 26.4 Å². The molecule has 0 aliphatic carbocycles. The first-order chi connectivity index (χ1) is 39.4. The van der Waals surface area contributed by atoms with Crippen LogP contribution < -0.4 is 0 Å². The largest absolute Gasteiger partial charge is 0.472 e. The molecular formula is C63H122O17P2. The number of hydrogen-bond donors (Lipinski definition) is 3. The van der Waals surface area contributed by atoms with Gasteiger partial charge in [-0.25, -0.2) is 9.13 Å². The van der Waals surface area contributed by atoms with Gasteiger partial charge in [-0.1, -0.05) is 260 Å². The Hall–Kier alpha value is -1.94. The van der Waals surface area contributed by atoms with Gasteiger partial charge in [0.1, 0.15) is 19.3 Å². The number of aliphatic hydroxyl groups excluding tert-OH is 1. The van der Waals surface area contributed by atoms with Gasteiger partial charge in [0.25, 0.3) is 0 Å². The number of rotatable bonds is 62. The fourth-order valence-electron chi connectivity index (χ4n) is 9.35. The lowest BCUT2D eigenvalue weighted by atomic mass is 10.0. The summed E-state index contributed by atoms with van der Waals surface area (Å²) in [4.78, 5) is 71.9. The molecule has 486 valence electrons. The van der Waals surface area contributed by atoms with Crippen LogP contribution in [-0.2, 0) is 65.4 Å². The number of phosphoric acid groups is 2. The summed E-state index contributed by atoms with van der Waals surface area (Å²) in [6.07, 6.45) is 37.9. The molecule has 0 aromatic rings. The second kappa shape index (κ2) is 55.6. The van der Waals surface area contributed by atoms with Crippen molar-refractivity contribution in [3.05, 3.63) is 0 Å². The van der Waals surface area contributed by atoms with Gasteiger partial charge in [0.15, 0.2) is 12.2 Å². The Morgan fingerprint density at radius 3 is 0.829 bits per heavy atom. The highest BCUT2D eigenvalue weighted by molar-refractivity contribution is 7.47. The molecule has 0 saturated heterocycles. The molecule has 2 unspecified atom stereocenters. The number of hydrogen-bond acceptors (Lipinski definition) is 15. The lowest BCUT2D eigenvalue weighted by Crippen LogP contribution is -2.30. The Labute approximate surface area is 498 Å². The molecule has 82 heavy (non-hydrogen) atoms. The molecule has 0 aromatic carbocycles. The zero-order valence-electron chi connectivity index (χ0n) is 52.8. The highest BCUT2D eigenvalue weighted by Gasteiger charge is 2.30. The average molecular weight is 1210 g/mol. The maximum absolute atomic E-state index is 13.0. The van der Waals surface area contributed by atoms with Crippen LogP contribution in [0.4, 0.5) is 0 Å². The predicted octanol–water partition coefficient (Wildman–Crippen LogP) is 17.3. The summed E-state index contributed by atoms with van der Waals surface area (Å²) in [5.74, 6) is -0.610. The van der Waals surface area contributed by atoms with Crippen LogP contribution in [0.25, 0.3) is 0 Å². The highest BCUT2D eigenvalue weighted by atomic mass is 31.2. The average Bonchev–Trinajstić information content (AvgIpc) is 3.43. The van der Waals surface area contributed by atoms with Crippen LogP contribution >= 0.6 is 15.6 Å². The molecule has 0 saturated carbocycles. The summed E-state index contributed by atoms with van der Waals surface area (Å²) < 4.78 is 67.7. The topological polar surface area (TPSA) is 237 Å². The minimum Gasteiger partial charge on any atom is -0.462 e. The van der Waals surface area contributed by atoms with Crippen molar-refractivity contribution in [2.24, 2.45) is 11.8 Å². The summed E-state index contributed by atoms with van der Waals surface area (Å²) in [5, 5.41) is 10.5. The van der Waals surface area contributed by atoms with Gasteiger partial charge in [-0.05, 0) is 37.5 Å². The molecule has 0 bridgehead atoms. The van der Waals surface area contributed by atoms with E-state index in [9.17, 15) is 43.2 Å². The van der Waals surface area contributed by atoms with E-state index in [1.165, 1.54) is 122 Å². The van der Waals surface area contributed by atoms with E-state index in [2.05, 4.69) is 41.5 Å². The first-order valence-corrected chi connectivity index (χ1v) is 36.0. The third kappa shape index (κ3) is 57.2. The Bertz CT molecular complexity index is 1620. The molecule has 0 amide bonds. The van der Waals surface area contributed by atoms with Crippen molar-refractivity contribution in [1.82, 2.24) is 0 Å². The van der Waals surface area contributed by atoms with Crippen molar-refractivity contribution in [2.45, 2.75) is 330 Å². The summed E-state index contributed by atoms with van der Waals surface area (Å²) in [5.41, 5.74) is 0. The van der Waals surface area contributed by atoms with Crippen molar-refractivity contribution < 1.29 is 80.2 Å². The van der Waals surface area contributed by atoms with Crippen LogP contribution in [0.5, 0.6) is 0 Å². The van der Waals surface area contributed by atoms with E-state index < -0.39 is 97.5 Å². The van der Waals surface area contributed by atoms with E-state index >= 15 is 0 Å². The minimum absolute atomic E-state index is 0.105. The van der Waals surface area contributed by atoms with E-state index in [0.717, 1.165) is 108 Å². The number of carbonyl (C=O) groups excluding carboxylic acids is 4. The van der Waals surface area contributed by atoms with Gasteiger partial charge < -0.3 is 33.8 Å². The van der Waals surface area contributed by atoms with E-state index in [1.54, 1.807) is 0 Å². The van der Waals surface area contributed by atoms with E-state index in [4.69, 9.17) is 37.0 Å². The lowest BCUT2D eigenvalue weighted by Gasteiger charge is -2.21. The van der Waals surface area contributed by atoms with Gasteiger partial charge in [-0.2, -0.15) is 0 Å². The van der Waals surface area contributed by atoms with Crippen molar-refractivity contribution >= 4 is 39.5 Å². The Kier molecular flexibility index (Phi) is 54.3. The fraction of sp³-hybridized carbons (Fsp3) is 0.937. The molecule has 17 nitrogen and oxygen atoms in total. The van der Waals surface area contributed by atoms with Crippen molar-refractivity contribution in [1.29, 1.82) is 0 Å². The summed E-state index contributed by atoms with van der Waals surface area (Å²) in [6, 6.07) is 0. The van der Waals surface area contributed by atoms with E-state index in [-0.39, 0.29) is 25.7 Å². The SMILES string of the molecule is CCCCCCCCCCCC(=O)O[C@H](COC(=O)CCCCCCC)COP(=O)(O)OC[C@H](O)COP(=O)(O)OC[C@@H](COC(=O)CCCCCCCCCCCCCC(C)C)OC(=O)CCCCCCCCCCCCCC(C)C. The molecule has 0 fully saturated rings. The van der Waals surface area contributed by atoms with E-state index in [0.29, 0.717) is 25.7 Å². The fourth-order valence-corrected chi connectivity index (χ4v) is 10.9. The molecule has 0 radical (unpaired) electrons. The maximum atomic E-state index is 13.0. The molecule has 5 atom stereocenters. The lowest BCUT2D eigenvalue weighted by molar-refractivity contribution is -0.161. The van der Waals surface area contributed by atoms with Gasteiger partial charge >= 0.3 is 39.5 Å². The smallest absolute Gasteiger partial charge is 0.462 e. The molecule has 0 heterocycles. The van der Waals surface area contributed by atoms with Gasteiger partial charge in [-0.3, -0.25) is 37.3 Å². The molecule has 0 aromatic heterocycles. The first kappa shape index (κ1) is 80.1. The van der Waals surface area contributed by atoms with Crippen molar-refractivity contribution in [2.75, 3.05) is 39.6 Å². The number of phosphoric ester groups is 2. The van der Waals surface area contributed by atoms with Crippen LogP contribution in [0.1, 0.15) is 311 Å². The molecule has 0 aliphatic rings. The third-order valence-corrected chi connectivity index (χ3v) is 16.4. The maximum Gasteiger partial charge on any atom is 0.472 e. The number of aliphatic hydroxyl groups is 1. The summed E-state index contributed by atoms with van der Waals surface area (Å²) in [7, 11) is -9.87. The van der Waals surface area contributed by atoms with Gasteiger partial charge in [0, 0.05) is 25.7 Å². The summed E-state index contributed by atoms with van der Waals surface area (Å²) in [6.45, 7) is 9.39. The van der Waals surface area contributed by atoms with E-state index in [1.807, 2.05) is 0 Å². The molecule has 0 rings (SSSR count). The standard InChI is InChI=1S/C63H122O17P2/c1-7-9-11-13-14-21-29-35-41-47-62(67)79-58(51-73-60(65)45-39-31-12-10-8-2)53-77-81(69,70)75-49-57(64)50-76-82(71,72)78-54-59(80-63(68)48-42-36-30-25-20-16-18-23-27-33-38-44-56(5)6)52-74-61(66)46-40-34-28-24-19-15-17-22-26-32-37-43-55(3)4/h55-59,64H,7-54H2,1-6H3,(H,69,70)(H,71,72)/t57-,58+,59+/m0/s1. The van der Waals surface area contributed by atoms with Crippen molar-refractivity contribution in [3.63, 3.8) is 0 Å². The second-order valence-electron chi connectivity index (χ2n) is 23.7. The summed E-state index contributed by atoms with van der Waals surface area (Å²) >= 11 is 0. The molecule has 19 heteroatoms. The zero-order valence-corrected chi connectivity index (χ0v) is 54.6. The Morgan fingerprint density at radius 2 is 0.561 bits per heavy atom. The number of carbonyl (C=O) groups is 4. The van der Waals surface area contributed by atoms with Crippen LogP contribution in [-0.4, -0.2) is 96.7 Å². The molecular weight excluding hydrogens is 1090 g/mol. The molecule has 0 aliphatic heterocycles. The van der Waals surface area contributed by atoms with Crippen LogP contribution in [0.2, 0.25) is 0 Å². The highest BCUT2D eigenvalue weighted by Crippen LogP contribution is 2.45. The van der Waals surface area contributed by atoms with Crippen LogP contribution in [0.15, 0.2) is 0 Å². The molecule has 3 N–H and O–H groups in total. The predicted molar refractivity (Wildman–Crippen MR) is 326 cm³/mol. The monoisotopic (exact) mass is 1210 g/mol. The van der Waals surface area contributed by atoms with Crippen LogP contribution in [0.3, 0.4) is 0 Å². The van der Waals surface area contributed by atoms with Gasteiger partial charge in [0.2, 0.25) is 0 Å². The Morgan fingerprint density at radius 1 is 0.329 bits per heavy atom. The molecule has 0 spiro atoms. The third-order valence-electron chi connectivity index (χ3n) is 14.5. The second-order valence-corrected chi connectivity index (χ2v) is 26.7. The number of esters is 4.